The number of hydrogen-bond donors (Lipinski definition) is 3. The molecule has 0 heterocycles. The second-order valence-electron chi connectivity index (χ2n) is 24.6. The van der Waals surface area contributed by atoms with Gasteiger partial charge in [0.1, 0.15) is 19.3 Å². The number of phosphoric acid groups is 2. The molecule has 0 rings (SSSR count). The number of esters is 4. The maximum absolute atomic E-state index is 13.0. The molecule has 0 aliphatic heterocycles. The number of ether oxygens (including phenoxy) is 4. The molecule has 0 bridgehead atoms. The lowest BCUT2D eigenvalue weighted by Gasteiger charge is -2.21. The fourth-order valence-corrected chi connectivity index (χ4v) is 11.1. The third-order valence-corrected chi connectivity index (χ3v) is 16.5. The van der Waals surface area contributed by atoms with Crippen molar-refractivity contribution in [2.75, 3.05) is 39.6 Å². The van der Waals surface area contributed by atoms with Crippen molar-refractivity contribution in [2.24, 2.45) is 17.8 Å². The number of rotatable bonds is 62. The van der Waals surface area contributed by atoms with Gasteiger partial charge in [0, 0.05) is 25.7 Å². The third-order valence-electron chi connectivity index (χ3n) is 14.6. The average molecular weight is 1230 g/mol. The molecule has 0 spiro atoms. The minimum atomic E-state index is -4.94. The molecule has 0 saturated heterocycles. The molecule has 0 fully saturated rings. The third kappa shape index (κ3) is 58.8. The molecular weight excluding hydrogens is 1100 g/mol. The van der Waals surface area contributed by atoms with Gasteiger partial charge in [-0.3, -0.25) is 37.3 Å². The molecule has 3 N–H and O–H groups in total. The molecule has 0 aromatic rings. The van der Waals surface area contributed by atoms with Crippen LogP contribution < -0.4 is 0 Å². The normalized spacial score (nSPS) is 14.4. The van der Waals surface area contributed by atoms with Gasteiger partial charge in [0.05, 0.1) is 26.4 Å². The Morgan fingerprint density at radius 3 is 0.819 bits per heavy atom. The Morgan fingerprint density at radius 1 is 0.325 bits per heavy atom. The molecule has 492 valence electrons. The van der Waals surface area contributed by atoms with E-state index in [2.05, 4.69) is 48.5 Å². The maximum Gasteiger partial charge on any atom is 0.472 e. The van der Waals surface area contributed by atoms with Crippen molar-refractivity contribution in [3.8, 4) is 0 Å². The second-order valence-corrected chi connectivity index (χ2v) is 27.5. The van der Waals surface area contributed by atoms with Crippen LogP contribution in [0.3, 0.4) is 0 Å². The van der Waals surface area contributed by atoms with E-state index in [1.54, 1.807) is 0 Å². The van der Waals surface area contributed by atoms with E-state index in [4.69, 9.17) is 37.0 Å². The first-order chi connectivity index (χ1) is 39.7. The highest BCUT2D eigenvalue weighted by atomic mass is 31.2. The fraction of sp³-hybridized carbons (Fsp3) is 0.938. The maximum atomic E-state index is 13.0. The monoisotopic (exact) mass is 1230 g/mol. The van der Waals surface area contributed by atoms with Crippen molar-refractivity contribution in [1.29, 1.82) is 0 Å². The van der Waals surface area contributed by atoms with Gasteiger partial charge >= 0.3 is 39.5 Å². The Labute approximate surface area is 505 Å². The zero-order valence-electron chi connectivity index (χ0n) is 53.6. The summed E-state index contributed by atoms with van der Waals surface area (Å²) in [5.41, 5.74) is 0. The van der Waals surface area contributed by atoms with Crippen LogP contribution in [-0.4, -0.2) is 96.7 Å². The Balaban J connectivity index is 5.17. The van der Waals surface area contributed by atoms with Gasteiger partial charge in [-0.05, 0) is 43.4 Å². The second kappa shape index (κ2) is 55.4. The Hall–Kier alpha value is -1.94. The predicted octanol–water partition coefficient (Wildman–Crippen LogP) is 17.5. The highest BCUT2D eigenvalue weighted by Gasteiger charge is 2.30. The van der Waals surface area contributed by atoms with Gasteiger partial charge in [0.15, 0.2) is 12.2 Å². The molecule has 0 aliphatic rings. The number of carbonyl (C=O) groups excluding carboxylic acids is 4. The Kier molecular flexibility index (Phi) is 54.1. The first-order valence-electron chi connectivity index (χ1n) is 33.3. The summed E-state index contributed by atoms with van der Waals surface area (Å²) in [6.45, 7) is 11.6. The molecule has 17 nitrogen and oxygen atoms in total. The largest absolute Gasteiger partial charge is 0.472 e. The summed E-state index contributed by atoms with van der Waals surface area (Å²) in [5, 5.41) is 10.5. The number of aliphatic hydroxyl groups excluding tert-OH is 1. The van der Waals surface area contributed by atoms with Gasteiger partial charge in [-0.1, -0.05) is 260 Å². The molecule has 5 atom stereocenters. The van der Waals surface area contributed by atoms with Gasteiger partial charge < -0.3 is 33.8 Å². The number of aliphatic hydroxyl groups is 1. The van der Waals surface area contributed by atoms with E-state index in [9.17, 15) is 43.2 Å². The van der Waals surface area contributed by atoms with Gasteiger partial charge in [0.25, 0.3) is 0 Å². The highest BCUT2D eigenvalue weighted by Crippen LogP contribution is 2.45. The lowest BCUT2D eigenvalue weighted by Crippen LogP contribution is -2.30. The van der Waals surface area contributed by atoms with Gasteiger partial charge in [-0.2, -0.15) is 0 Å². The molecule has 0 radical (unpaired) electrons. The summed E-state index contributed by atoms with van der Waals surface area (Å²) in [6.07, 6.45) is 36.7. The molecule has 0 aromatic carbocycles. The van der Waals surface area contributed by atoms with Crippen LogP contribution in [-0.2, 0) is 65.4 Å². The van der Waals surface area contributed by atoms with Crippen LogP contribution in [0, 0.1) is 17.8 Å². The van der Waals surface area contributed by atoms with Crippen molar-refractivity contribution in [3.63, 3.8) is 0 Å². The van der Waals surface area contributed by atoms with Crippen LogP contribution in [0.4, 0.5) is 0 Å². The summed E-state index contributed by atoms with van der Waals surface area (Å²) in [7, 11) is -9.88. The van der Waals surface area contributed by atoms with Gasteiger partial charge in [-0.15, -0.1) is 0 Å². The SMILES string of the molecule is CCCCCCCC(=O)OC[C@H](COP(=O)(O)OC[C@H](O)COP(=O)(O)OC[C@@H](COC(=O)CCCCCCCCCCCCC(C)C)OC(=O)CCCCCCCCCCCCCCCC(C)C)OC(=O)CCCCCCCCC(C)C. The summed E-state index contributed by atoms with van der Waals surface area (Å²) in [6, 6.07) is 0. The van der Waals surface area contributed by atoms with E-state index in [1.807, 2.05) is 0 Å². The van der Waals surface area contributed by atoms with E-state index in [1.165, 1.54) is 116 Å². The van der Waals surface area contributed by atoms with Crippen LogP contribution in [0.25, 0.3) is 0 Å². The standard InChI is InChI=1S/C64H124O17P2/c1-8-9-10-28-38-45-61(66)74-51-59(81-64(69)48-41-34-27-26-31-37-44-57(6)7)53-78-82(70,71)76-49-58(65)50-77-83(72,73)79-54-60(52-75-62(67)46-39-32-24-20-17-16-19-23-30-36-43-56(4)5)80-63(68)47-40-33-25-21-15-13-11-12-14-18-22-29-35-42-55(2)3/h55-60,65H,8-54H2,1-7H3,(H,70,71)(H,72,73)/t58-,59+,60+/m0/s1. The highest BCUT2D eigenvalue weighted by molar-refractivity contribution is 7.47. The number of hydrogen-bond acceptors (Lipinski definition) is 15. The molecule has 0 saturated carbocycles. The first kappa shape index (κ1) is 81.1. The van der Waals surface area contributed by atoms with E-state index in [-0.39, 0.29) is 25.7 Å². The van der Waals surface area contributed by atoms with Crippen LogP contribution in [0.5, 0.6) is 0 Å². The minimum Gasteiger partial charge on any atom is -0.462 e. The zero-order chi connectivity index (χ0) is 61.7. The topological polar surface area (TPSA) is 237 Å². The Morgan fingerprint density at radius 2 is 0.554 bits per heavy atom. The minimum absolute atomic E-state index is 0.101. The van der Waals surface area contributed by atoms with Crippen molar-refractivity contribution in [3.05, 3.63) is 0 Å². The van der Waals surface area contributed by atoms with E-state index in [0.29, 0.717) is 31.6 Å². The molecule has 0 aromatic heterocycles. The van der Waals surface area contributed by atoms with Crippen LogP contribution in [0.1, 0.15) is 312 Å². The van der Waals surface area contributed by atoms with E-state index >= 15 is 0 Å². The average Bonchev–Trinajstić information content (AvgIpc) is 3.43. The quantitative estimate of drug-likeness (QED) is 0.0222. The molecular formula is C64H124O17P2. The lowest BCUT2D eigenvalue weighted by atomic mass is 10.0. The summed E-state index contributed by atoms with van der Waals surface area (Å²) < 4.78 is 67.8. The van der Waals surface area contributed by atoms with E-state index < -0.39 is 97.5 Å². The molecule has 83 heavy (non-hydrogen) atoms. The summed E-state index contributed by atoms with van der Waals surface area (Å²) in [4.78, 5) is 71.9. The number of phosphoric ester groups is 2. The zero-order valence-corrected chi connectivity index (χ0v) is 55.4. The number of unbranched alkanes of at least 4 members (excludes halogenated alkanes) is 30. The molecule has 0 amide bonds. The fourth-order valence-electron chi connectivity index (χ4n) is 9.48. The van der Waals surface area contributed by atoms with Crippen molar-refractivity contribution < 1.29 is 80.2 Å². The van der Waals surface area contributed by atoms with Crippen molar-refractivity contribution in [2.45, 2.75) is 330 Å². The molecule has 0 aliphatic carbocycles. The van der Waals surface area contributed by atoms with Gasteiger partial charge in [-0.25, -0.2) is 9.13 Å². The smallest absolute Gasteiger partial charge is 0.462 e. The predicted molar refractivity (Wildman–Crippen MR) is 331 cm³/mol. The summed E-state index contributed by atoms with van der Waals surface area (Å²) >= 11 is 0. The molecule has 19 heteroatoms. The van der Waals surface area contributed by atoms with Crippen LogP contribution in [0.2, 0.25) is 0 Å². The molecule has 2 unspecified atom stereocenters. The van der Waals surface area contributed by atoms with Crippen molar-refractivity contribution >= 4 is 39.5 Å². The van der Waals surface area contributed by atoms with Crippen LogP contribution >= 0.6 is 15.6 Å². The summed E-state index contributed by atoms with van der Waals surface area (Å²) in [5.74, 6) is 0.0652. The number of carbonyl (C=O) groups is 4. The van der Waals surface area contributed by atoms with Crippen molar-refractivity contribution in [1.82, 2.24) is 0 Å². The Bertz CT molecular complexity index is 1650. The van der Waals surface area contributed by atoms with Gasteiger partial charge in [0.2, 0.25) is 0 Å². The first-order valence-corrected chi connectivity index (χ1v) is 36.3. The van der Waals surface area contributed by atoms with Crippen LogP contribution in [0.15, 0.2) is 0 Å². The lowest BCUT2D eigenvalue weighted by molar-refractivity contribution is -0.161. The van der Waals surface area contributed by atoms with E-state index in [0.717, 1.165) is 108 Å².